The molecule has 0 radical (unpaired) electrons. The van der Waals surface area contributed by atoms with E-state index < -0.39 is 40.0 Å². The first-order valence-corrected chi connectivity index (χ1v) is 4.13. The van der Waals surface area contributed by atoms with E-state index in [0.29, 0.717) is 12.1 Å². The molecule has 1 aromatic carbocycles. The number of hydrogen-bond donors (Lipinski definition) is 2. The summed E-state index contributed by atoms with van der Waals surface area (Å²) in [6.45, 7) is 0. The van der Waals surface area contributed by atoms with Crippen LogP contribution in [-0.4, -0.2) is 16.2 Å². The van der Waals surface area contributed by atoms with E-state index in [-0.39, 0.29) is 12.4 Å². The van der Waals surface area contributed by atoms with E-state index in [1.54, 1.807) is 0 Å². The molecule has 0 heterocycles. The van der Waals surface area contributed by atoms with Crippen molar-refractivity contribution in [2.45, 2.75) is 12.2 Å². The Hall–Kier alpha value is -1.61. The highest BCUT2D eigenvalue weighted by molar-refractivity contribution is 5.85. The van der Waals surface area contributed by atoms with Crippen molar-refractivity contribution >= 4 is 18.1 Å². The van der Waals surface area contributed by atoms with Gasteiger partial charge in [-0.05, 0) is 0 Å². The Labute approximate surface area is 104 Å². The number of hydrogen-bond acceptors (Lipinski definition) is 4. The van der Waals surface area contributed by atoms with Crippen molar-refractivity contribution in [2.75, 3.05) is 0 Å². The van der Waals surface area contributed by atoms with Crippen LogP contribution in [0.2, 0.25) is 0 Å². The van der Waals surface area contributed by atoms with Crippen LogP contribution in [0.1, 0.15) is 11.6 Å². The van der Waals surface area contributed by atoms with Crippen molar-refractivity contribution in [3.63, 3.8) is 0 Å². The van der Waals surface area contributed by atoms with Crippen LogP contribution < -0.4 is 5.73 Å². The third-order valence-corrected chi connectivity index (χ3v) is 1.98. The molecule has 1 rings (SSSR count). The van der Waals surface area contributed by atoms with Crippen molar-refractivity contribution in [3.05, 3.63) is 33.6 Å². The van der Waals surface area contributed by atoms with Gasteiger partial charge in [-0.2, -0.15) is 13.2 Å². The van der Waals surface area contributed by atoms with Crippen molar-refractivity contribution < 1.29 is 27.6 Å². The fourth-order valence-corrected chi connectivity index (χ4v) is 1.12. The number of alkyl halides is 3. The van der Waals surface area contributed by atoms with E-state index in [1.807, 2.05) is 0 Å². The number of halogens is 5. The highest BCUT2D eigenvalue weighted by Gasteiger charge is 2.40. The molecule has 18 heavy (non-hydrogen) atoms. The highest BCUT2D eigenvalue weighted by Crippen LogP contribution is 2.38. The molecule has 0 aromatic heterocycles. The largest absolute Gasteiger partial charge is 0.505 e. The average molecular weight is 291 g/mol. The Balaban J connectivity index is 0.00000289. The van der Waals surface area contributed by atoms with E-state index in [4.69, 9.17) is 10.8 Å². The molecule has 0 bridgehead atoms. The molecule has 0 amide bonds. The Morgan fingerprint density at radius 1 is 1.39 bits per heavy atom. The molecule has 3 N–H and O–H groups in total. The van der Waals surface area contributed by atoms with E-state index in [0.717, 1.165) is 0 Å². The molecule has 5 nitrogen and oxygen atoms in total. The number of aromatic hydroxyl groups is 1. The van der Waals surface area contributed by atoms with Gasteiger partial charge in [-0.1, -0.05) is 0 Å². The van der Waals surface area contributed by atoms with Crippen molar-refractivity contribution in [1.82, 2.24) is 0 Å². The van der Waals surface area contributed by atoms with Crippen LogP contribution in [0.25, 0.3) is 0 Å². The first-order valence-electron chi connectivity index (χ1n) is 4.13. The van der Waals surface area contributed by atoms with Crippen molar-refractivity contribution in [3.8, 4) is 5.75 Å². The van der Waals surface area contributed by atoms with Gasteiger partial charge in [0, 0.05) is 11.6 Å². The lowest BCUT2D eigenvalue weighted by atomic mass is 10.0. The van der Waals surface area contributed by atoms with Gasteiger partial charge in [-0.25, -0.2) is 4.39 Å². The summed E-state index contributed by atoms with van der Waals surface area (Å²) >= 11 is 0. The summed E-state index contributed by atoms with van der Waals surface area (Å²) < 4.78 is 49.7. The van der Waals surface area contributed by atoms with E-state index in [1.165, 1.54) is 0 Å². The molecule has 1 atom stereocenters. The number of non-ortho nitro benzene ring substituents is 1. The van der Waals surface area contributed by atoms with Crippen molar-refractivity contribution in [2.24, 2.45) is 5.73 Å². The third-order valence-electron chi connectivity index (χ3n) is 1.98. The van der Waals surface area contributed by atoms with Gasteiger partial charge in [0.15, 0.2) is 11.6 Å². The van der Waals surface area contributed by atoms with Crippen molar-refractivity contribution in [1.29, 1.82) is 0 Å². The third kappa shape index (κ3) is 3.20. The monoisotopic (exact) mass is 290 g/mol. The molecule has 0 fully saturated rings. The van der Waals surface area contributed by atoms with Crippen LogP contribution in [0.4, 0.5) is 23.2 Å². The van der Waals surface area contributed by atoms with E-state index >= 15 is 0 Å². The summed E-state index contributed by atoms with van der Waals surface area (Å²) in [5.41, 5.74) is 2.74. The molecule has 1 aromatic rings. The number of nitro benzene ring substituents is 1. The normalized spacial score (nSPS) is 12.7. The van der Waals surface area contributed by atoms with Gasteiger partial charge in [-0.3, -0.25) is 10.1 Å². The Kier molecular flexibility index (Phi) is 4.88. The molecule has 0 spiro atoms. The molecule has 0 saturated heterocycles. The zero-order chi connectivity index (χ0) is 13.4. The lowest BCUT2D eigenvalue weighted by molar-refractivity contribution is -0.385. The maximum Gasteiger partial charge on any atom is 0.407 e. The number of benzene rings is 1. The number of nitrogens with zero attached hydrogens (tertiary/aromatic N) is 1. The van der Waals surface area contributed by atoms with Gasteiger partial charge < -0.3 is 10.8 Å². The smallest absolute Gasteiger partial charge is 0.407 e. The Bertz CT molecular complexity index is 466. The zero-order valence-corrected chi connectivity index (χ0v) is 9.26. The number of nitrogens with two attached hydrogens (primary N) is 1. The molecule has 0 aliphatic rings. The van der Waals surface area contributed by atoms with Crippen LogP contribution in [0.5, 0.6) is 5.75 Å². The first-order chi connectivity index (χ1) is 7.64. The fourth-order valence-electron chi connectivity index (χ4n) is 1.12. The van der Waals surface area contributed by atoms with Gasteiger partial charge in [0.1, 0.15) is 6.04 Å². The summed E-state index contributed by atoms with van der Waals surface area (Å²) in [6.07, 6.45) is -4.95. The van der Waals surface area contributed by atoms with Gasteiger partial charge in [-0.15, -0.1) is 12.4 Å². The number of nitro groups is 1. The number of phenols is 1. The van der Waals surface area contributed by atoms with Crippen LogP contribution in [0.3, 0.4) is 0 Å². The van der Waals surface area contributed by atoms with Crippen LogP contribution >= 0.6 is 12.4 Å². The van der Waals surface area contributed by atoms with Crippen LogP contribution in [0, 0.1) is 15.9 Å². The quantitative estimate of drug-likeness (QED) is 0.497. The average Bonchev–Trinajstić information content (AvgIpc) is 2.19. The molecule has 10 heteroatoms. The summed E-state index contributed by atoms with van der Waals surface area (Å²) in [4.78, 5) is 9.24. The lowest BCUT2D eigenvalue weighted by Crippen LogP contribution is -2.28. The highest BCUT2D eigenvalue weighted by atomic mass is 35.5. The lowest BCUT2D eigenvalue weighted by Gasteiger charge is -2.16. The second-order valence-corrected chi connectivity index (χ2v) is 3.14. The molecule has 102 valence electrons. The van der Waals surface area contributed by atoms with E-state index in [9.17, 15) is 27.7 Å². The predicted octanol–water partition coefficient (Wildman–Crippen LogP) is 2.42. The van der Waals surface area contributed by atoms with Gasteiger partial charge in [0.05, 0.1) is 11.0 Å². The van der Waals surface area contributed by atoms with Gasteiger partial charge in [0.25, 0.3) is 5.69 Å². The van der Waals surface area contributed by atoms with Gasteiger partial charge >= 0.3 is 6.18 Å². The molecule has 0 unspecified atom stereocenters. The molecule has 0 aliphatic carbocycles. The van der Waals surface area contributed by atoms with Crippen LogP contribution in [-0.2, 0) is 0 Å². The SMILES string of the molecule is Cl.N[C@H](c1cc([N+](=O)[O-])cc(F)c1O)C(F)(F)F. The molecule has 0 aliphatic heterocycles. The summed E-state index contributed by atoms with van der Waals surface area (Å²) in [5.74, 6) is -2.88. The summed E-state index contributed by atoms with van der Waals surface area (Å²) in [5, 5.41) is 19.4. The summed E-state index contributed by atoms with van der Waals surface area (Å²) in [6, 6.07) is -2.00. The zero-order valence-electron chi connectivity index (χ0n) is 8.44. The first kappa shape index (κ1) is 16.4. The Morgan fingerprint density at radius 2 is 1.89 bits per heavy atom. The van der Waals surface area contributed by atoms with Gasteiger partial charge in [0.2, 0.25) is 0 Å². The molecule has 0 saturated carbocycles. The van der Waals surface area contributed by atoms with E-state index in [2.05, 4.69) is 0 Å². The minimum Gasteiger partial charge on any atom is -0.505 e. The standard InChI is InChI=1S/C8H6F4N2O3.ClH/c9-5-2-3(14(16)17)1-4(6(5)15)7(13)8(10,11)12;/h1-2,7,15H,13H2;1H/t7-;/m1./s1. The second-order valence-electron chi connectivity index (χ2n) is 3.14. The predicted molar refractivity (Wildman–Crippen MR) is 55.0 cm³/mol. The molecular formula is C8H7ClF4N2O3. The minimum atomic E-state index is -4.95. The number of phenolic OH excluding ortho intramolecular Hbond substituents is 1. The minimum absolute atomic E-state index is 0. The number of rotatable bonds is 2. The summed E-state index contributed by atoms with van der Waals surface area (Å²) in [7, 11) is 0. The Morgan fingerprint density at radius 3 is 2.28 bits per heavy atom. The van der Waals surface area contributed by atoms with Crippen LogP contribution in [0.15, 0.2) is 12.1 Å². The maximum atomic E-state index is 13.0. The maximum absolute atomic E-state index is 13.0. The molecular weight excluding hydrogens is 284 g/mol. The topological polar surface area (TPSA) is 89.4 Å². The second kappa shape index (κ2) is 5.36. The fraction of sp³-hybridized carbons (Fsp3) is 0.250.